The van der Waals surface area contributed by atoms with Gasteiger partial charge in [0.1, 0.15) is 11.6 Å². The highest BCUT2D eigenvalue weighted by Gasteiger charge is 2.32. The summed E-state index contributed by atoms with van der Waals surface area (Å²) in [6.07, 6.45) is 0.691. The van der Waals surface area contributed by atoms with E-state index < -0.39 is 32.8 Å². The Labute approximate surface area is 181 Å². The van der Waals surface area contributed by atoms with Crippen LogP contribution in [0.2, 0.25) is 0 Å². The number of carbonyl (C=O) groups excluding carboxylic acids is 1. The number of carbonyl (C=O) groups is 1. The summed E-state index contributed by atoms with van der Waals surface area (Å²) in [5.41, 5.74) is 1.30. The maximum Gasteiger partial charge on any atom is 0.255 e. The number of hydrogen-bond donors (Lipinski definition) is 2. The van der Waals surface area contributed by atoms with E-state index in [1.54, 1.807) is 26.0 Å². The molecular weight excluding hydrogens is 424 g/mol. The number of nitrogens with one attached hydrogen (secondary N) is 2. The molecule has 2 N–H and O–H groups in total. The largest absolute Gasteiger partial charge is 0.322 e. The van der Waals surface area contributed by atoms with Gasteiger partial charge in [0.05, 0.1) is 5.25 Å². The predicted octanol–water partition coefficient (Wildman–Crippen LogP) is 3.33. The molecule has 0 saturated carbocycles. The van der Waals surface area contributed by atoms with Crippen LogP contribution in [0.3, 0.4) is 0 Å². The number of rotatable bonds is 6. The SMILES string of the molecule is CC(C)S(=O)(=O)N[C@H]1CCN(C)C[C@@H]1c1ccc(NC(=O)c2cc(F)cc(F)c2)cc1. The third-order valence-corrected chi connectivity index (χ3v) is 7.35. The molecule has 2 atom stereocenters. The molecule has 0 unspecified atom stereocenters. The molecule has 0 bridgehead atoms. The molecule has 31 heavy (non-hydrogen) atoms. The molecule has 1 saturated heterocycles. The van der Waals surface area contributed by atoms with Crippen molar-refractivity contribution in [3.05, 3.63) is 65.2 Å². The van der Waals surface area contributed by atoms with Crippen LogP contribution in [0, 0.1) is 11.6 Å². The Bertz CT molecular complexity index is 1020. The number of halogens is 2. The molecule has 0 aliphatic carbocycles. The maximum atomic E-state index is 13.3. The first-order valence-electron chi connectivity index (χ1n) is 10.1. The number of hydrogen-bond acceptors (Lipinski definition) is 4. The normalized spacial score (nSPS) is 20.1. The molecule has 0 spiro atoms. The van der Waals surface area contributed by atoms with Crippen molar-refractivity contribution >= 4 is 21.6 Å². The van der Waals surface area contributed by atoms with Crippen molar-refractivity contribution in [3.63, 3.8) is 0 Å². The first-order valence-corrected chi connectivity index (χ1v) is 11.7. The lowest BCUT2D eigenvalue weighted by Crippen LogP contribution is -2.50. The highest BCUT2D eigenvalue weighted by molar-refractivity contribution is 7.90. The monoisotopic (exact) mass is 451 g/mol. The van der Waals surface area contributed by atoms with Gasteiger partial charge in [0, 0.05) is 35.8 Å². The topological polar surface area (TPSA) is 78.5 Å². The Hall–Kier alpha value is -2.36. The van der Waals surface area contributed by atoms with Gasteiger partial charge in [0.25, 0.3) is 5.91 Å². The maximum absolute atomic E-state index is 13.3. The quantitative estimate of drug-likeness (QED) is 0.706. The number of piperidine rings is 1. The van der Waals surface area contributed by atoms with Crippen LogP contribution in [-0.2, 0) is 10.0 Å². The minimum absolute atomic E-state index is 0.0469. The first-order chi connectivity index (χ1) is 14.5. The minimum Gasteiger partial charge on any atom is -0.322 e. The lowest BCUT2D eigenvalue weighted by atomic mass is 9.86. The Kier molecular flexibility index (Phi) is 7.08. The van der Waals surface area contributed by atoms with Gasteiger partial charge >= 0.3 is 0 Å². The lowest BCUT2D eigenvalue weighted by Gasteiger charge is -2.37. The Morgan fingerprint density at radius 1 is 1.10 bits per heavy atom. The third kappa shape index (κ3) is 5.87. The molecule has 3 rings (SSSR count). The summed E-state index contributed by atoms with van der Waals surface area (Å²) in [6, 6.07) is 9.49. The molecule has 1 aliphatic rings. The molecule has 9 heteroatoms. The van der Waals surface area contributed by atoms with Gasteiger partial charge in [-0.2, -0.15) is 0 Å². The molecule has 2 aromatic rings. The predicted molar refractivity (Wildman–Crippen MR) is 117 cm³/mol. The molecule has 1 fully saturated rings. The van der Waals surface area contributed by atoms with E-state index in [0.717, 1.165) is 24.2 Å². The summed E-state index contributed by atoms with van der Waals surface area (Å²) < 4.78 is 54.3. The first kappa shape index (κ1) is 23.3. The molecule has 6 nitrogen and oxygen atoms in total. The second-order valence-corrected chi connectivity index (χ2v) is 10.5. The van der Waals surface area contributed by atoms with E-state index in [9.17, 15) is 22.0 Å². The van der Waals surface area contributed by atoms with Crippen LogP contribution in [0.4, 0.5) is 14.5 Å². The van der Waals surface area contributed by atoms with Gasteiger partial charge in [-0.15, -0.1) is 0 Å². The van der Waals surface area contributed by atoms with Crippen molar-refractivity contribution in [1.82, 2.24) is 9.62 Å². The summed E-state index contributed by atoms with van der Waals surface area (Å²) in [4.78, 5) is 14.4. The van der Waals surface area contributed by atoms with Gasteiger partial charge in [0.2, 0.25) is 10.0 Å². The smallest absolute Gasteiger partial charge is 0.255 e. The van der Waals surface area contributed by atoms with E-state index >= 15 is 0 Å². The lowest BCUT2D eigenvalue weighted by molar-refractivity contribution is 0.102. The van der Waals surface area contributed by atoms with Crippen LogP contribution < -0.4 is 10.0 Å². The number of anilines is 1. The van der Waals surface area contributed by atoms with E-state index in [1.165, 1.54) is 0 Å². The van der Waals surface area contributed by atoms with Crippen molar-refractivity contribution in [1.29, 1.82) is 0 Å². The van der Waals surface area contributed by atoms with E-state index in [-0.39, 0.29) is 17.5 Å². The number of amides is 1. The van der Waals surface area contributed by atoms with Crippen LogP contribution >= 0.6 is 0 Å². The van der Waals surface area contributed by atoms with Crippen molar-refractivity contribution in [2.24, 2.45) is 0 Å². The fourth-order valence-corrected chi connectivity index (χ4v) is 4.62. The molecular formula is C22H27F2N3O3S. The fraction of sp³-hybridized carbons (Fsp3) is 0.409. The highest BCUT2D eigenvalue weighted by atomic mass is 32.2. The zero-order valence-corrected chi connectivity index (χ0v) is 18.5. The molecule has 1 heterocycles. The summed E-state index contributed by atoms with van der Waals surface area (Å²) in [7, 11) is -1.41. The van der Waals surface area contributed by atoms with Gasteiger partial charge in [0.15, 0.2) is 0 Å². The molecule has 1 amide bonds. The van der Waals surface area contributed by atoms with Crippen molar-refractivity contribution < 1.29 is 22.0 Å². The number of likely N-dealkylation sites (N-methyl/N-ethyl adjacent to an activating group) is 1. The van der Waals surface area contributed by atoms with E-state index in [2.05, 4.69) is 14.9 Å². The number of sulfonamides is 1. The standard InChI is InChI=1S/C22H27F2N3O3S/c1-14(2)31(29,30)26-21-8-9-27(3)13-20(21)15-4-6-19(7-5-15)25-22(28)16-10-17(23)12-18(24)11-16/h4-7,10-12,14,20-21,26H,8-9,13H2,1-3H3,(H,25,28)/t20-,21+/m1/s1. The van der Waals surface area contributed by atoms with Crippen LogP contribution in [0.5, 0.6) is 0 Å². The van der Waals surface area contributed by atoms with Crippen LogP contribution in [0.15, 0.2) is 42.5 Å². The van der Waals surface area contributed by atoms with Crippen molar-refractivity contribution in [2.75, 3.05) is 25.5 Å². The molecule has 1 aliphatic heterocycles. The second kappa shape index (κ2) is 9.42. The van der Waals surface area contributed by atoms with Crippen molar-refractivity contribution in [2.45, 2.75) is 37.5 Å². The molecule has 2 aromatic carbocycles. The summed E-state index contributed by atoms with van der Waals surface area (Å²) >= 11 is 0. The zero-order chi connectivity index (χ0) is 22.8. The number of nitrogens with zero attached hydrogens (tertiary/aromatic N) is 1. The Balaban J connectivity index is 1.75. The summed E-state index contributed by atoms with van der Waals surface area (Å²) in [5, 5.41) is 2.11. The van der Waals surface area contributed by atoms with Gasteiger partial charge in [-0.3, -0.25) is 4.79 Å². The van der Waals surface area contributed by atoms with E-state index in [0.29, 0.717) is 24.7 Å². The fourth-order valence-electron chi connectivity index (χ4n) is 3.64. The van der Waals surface area contributed by atoms with E-state index in [4.69, 9.17) is 0 Å². The van der Waals surface area contributed by atoms with Crippen LogP contribution in [0.1, 0.15) is 42.1 Å². The average molecular weight is 452 g/mol. The average Bonchev–Trinajstić information content (AvgIpc) is 2.69. The highest BCUT2D eigenvalue weighted by Crippen LogP contribution is 2.29. The van der Waals surface area contributed by atoms with Gasteiger partial charge in [-0.05, 0) is 63.7 Å². The minimum atomic E-state index is -3.40. The van der Waals surface area contributed by atoms with Crippen molar-refractivity contribution in [3.8, 4) is 0 Å². The number of likely N-dealkylation sites (tertiary alicyclic amines) is 1. The Morgan fingerprint density at radius 3 is 2.29 bits per heavy atom. The molecule has 0 aromatic heterocycles. The van der Waals surface area contributed by atoms with Crippen LogP contribution in [-0.4, -0.2) is 50.7 Å². The number of benzene rings is 2. The molecule has 0 radical (unpaired) electrons. The Morgan fingerprint density at radius 2 is 1.71 bits per heavy atom. The summed E-state index contributed by atoms with van der Waals surface area (Å²) in [5.74, 6) is -2.31. The zero-order valence-electron chi connectivity index (χ0n) is 17.7. The molecule has 168 valence electrons. The van der Waals surface area contributed by atoms with Gasteiger partial charge in [-0.25, -0.2) is 21.9 Å². The van der Waals surface area contributed by atoms with Gasteiger partial charge < -0.3 is 10.2 Å². The second-order valence-electron chi connectivity index (χ2n) is 8.21. The van der Waals surface area contributed by atoms with Crippen LogP contribution in [0.25, 0.3) is 0 Å². The van der Waals surface area contributed by atoms with E-state index in [1.807, 2.05) is 19.2 Å². The third-order valence-electron chi connectivity index (χ3n) is 5.47. The van der Waals surface area contributed by atoms with Gasteiger partial charge in [-0.1, -0.05) is 12.1 Å². The summed E-state index contributed by atoms with van der Waals surface area (Å²) in [6.45, 7) is 4.78.